The summed E-state index contributed by atoms with van der Waals surface area (Å²) in [6.07, 6.45) is 34.0. The third kappa shape index (κ3) is 16.3. The average molecular weight is 943 g/mol. The van der Waals surface area contributed by atoms with Crippen LogP contribution in [-0.4, -0.2) is 71.4 Å². The van der Waals surface area contributed by atoms with Crippen LogP contribution in [0.25, 0.3) is 0 Å². The minimum atomic E-state index is 0.233. The van der Waals surface area contributed by atoms with Crippen molar-refractivity contribution in [1.82, 2.24) is 71.4 Å². The highest BCUT2D eigenvalue weighted by Gasteiger charge is 2.47. The molecule has 0 aromatic carbocycles. The van der Waals surface area contributed by atoms with E-state index in [4.69, 9.17) is 30.9 Å². The standard InChI is InChI=1S/C8H12N2O.2C7H10N2O.C7H12N2O.2C6H8N2O.C6H10N2O/c1-2-4-7(5-3-1)8-10-9-6-11-8;1-2-7(3-4-7)6-9-8-5-10-6;1-2-4-6(3-1)7-9-8-5-10-7;1-3-6(4-2)7-9-8-5-10-7;1-6(2-3-6)5-8-7-4-9-5;1-2-5(3-1)6-8-7-4-9-6;1-5(2)3-6-8-7-4-9-6/h6-7H,1-5H2;5H,2-4H2,1H3;5-6H,1-4H2;5-6H,3-4H2,1-2H3;4H,2-3H2,1H3;4-5H,1-3H2;4-5H,3H2,1-2H3. The fourth-order valence-corrected chi connectivity index (χ4v) is 8.00. The van der Waals surface area contributed by atoms with Crippen LogP contribution in [0.1, 0.15) is 228 Å². The molecule has 7 heterocycles. The molecule has 0 unspecified atom stereocenters. The number of hydrogen-bond donors (Lipinski definition) is 0. The van der Waals surface area contributed by atoms with E-state index in [-0.39, 0.29) is 10.8 Å². The van der Waals surface area contributed by atoms with Crippen molar-refractivity contribution in [3.8, 4) is 0 Å². The molecule has 7 aromatic rings. The lowest BCUT2D eigenvalue weighted by Crippen LogP contribution is -2.08. The molecule has 5 fully saturated rings. The lowest BCUT2D eigenvalue weighted by Gasteiger charge is -2.20. The lowest BCUT2D eigenvalue weighted by molar-refractivity contribution is 0.335. The van der Waals surface area contributed by atoms with Crippen LogP contribution in [0.4, 0.5) is 0 Å². The first-order valence-electron chi connectivity index (χ1n) is 24.6. The summed E-state index contributed by atoms with van der Waals surface area (Å²) in [7, 11) is 0. The number of nitrogens with zero attached hydrogens (tertiary/aromatic N) is 14. The van der Waals surface area contributed by atoms with Crippen molar-refractivity contribution in [2.45, 2.75) is 204 Å². The van der Waals surface area contributed by atoms with Crippen molar-refractivity contribution in [3.05, 3.63) is 86.0 Å². The highest BCUT2D eigenvalue weighted by molar-refractivity contribution is 5.13. The average Bonchev–Trinajstić information content (AvgIpc) is 4.14. The van der Waals surface area contributed by atoms with E-state index in [1.165, 1.54) is 147 Å². The van der Waals surface area contributed by atoms with E-state index < -0.39 is 0 Å². The zero-order chi connectivity index (χ0) is 47.9. The van der Waals surface area contributed by atoms with E-state index in [1.807, 2.05) is 0 Å². The molecule has 68 heavy (non-hydrogen) atoms. The fourth-order valence-electron chi connectivity index (χ4n) is 8.00. The van der Waals surface area contributed by atoms with E-state index in [1.54, 1.807) is 0 Å². The molecule has 0 spiro atoms. The Morgan fingerprint density at radius 2 is 0.897 bits per heavy atom. The summed E-state index contributed by atoms with van der Waals surface area (Å²) in [5, 5.41) is 52.3. The molecule has 0 radical (unpaired) electrons. The molecule has 0 saturated heterocycles. The van der Waals surface area contributed by atoms with Gasteiger partial charge in [-0.05, 0) is 89.4 Å². The van der Waals surface area contributed by atoms with E-state index in [0.717, 1.165) is 66.9 Å². The van der Waals surface area contributed by atoms with E-state index >= 15 is 0 Å². The van der Waals surface area contributed by atoms with Gasteiger partial charge in [0, 0.05) is 40.9 Å². The Balaban J connectivity index is 0.000000131. The highest BCUT2D eigenvalue weighted by Crippen LogP contribution is 2.50. The van der Waals surface area contributed by atoms with Crippen LogP contribution in [0, 0.1) is 5.92 Å². The summed E-state index contributed by atoms with van der Waals surface area (Å²) in [4.78, 5) is 0. The second-order valence-corrected chi connectivity index (χ2v) is 18.7. The monoisotopic (exact) mass is 943 g/mol. The normalized spacial score (nSPS) is 17.8. The Kier molecular flexibility index (Phi) is 20.5. The van der Waals surface area contributed by atoms with Crippen LogP contribution in [-0.2, 0) is 17.3 Å². The molecule has 0 bridgehead atoms. The van der Waals surface area contributed by atoms with Gasteiger partial charge in [-0.2, -0.15) is 0 Å². The lowest BCUT2D eigenvalue weighted by atomic mass is 9.85. The number of rotatable bonds is 11. The summed E-state index contributed by atoms with van der Waals surface area (Å²) in [5.41, 5.74) is 0.507. The molecule has 12 rings (SSSR count). The Hall–Kier alpha value is -6.02. The Labute approximate surface area is 397 Å². The van der Waals surface area contributed by atoms with Gasteiger partial charge in [-0.15, -0.1) is 71.4 Å². The second kappa shape index (κ2) is 27.1. The maximum absolute atomic E-state index is 5.15. The molecule has 7 aromatic heterocycles. The van der Waals surface area contributed by atoms with Gasteiger partial charge in [0.15, 0.2) is 0 Å². The third-order valence-corrected chi connectivity index (χ3v) is 13.2. The summed E-state index contributed by atoms with van der Waals surface area (Å²) in [6, 6.07) is 0. The number of hydrogen-bond acceptors (Lipinski definition) is 21. The molecule has 0 aliphatic heterocycles. The van der Waals surface area contributed by atoms with Crippen molar-refractivity contribution >= 4 is 0 Å². The maximum Gasteiger partial charge on any atom is 0.222 e. The van der Waals surface area contributed by atoms with Crippen LogP contribution in [0.5, 0.6) is 0 Å². The summed E-state index contributed by atoms with van der Waals surface area (Å²) in [5.74, 6) is 8.32. The van der Waals surface area contributed by atoms with Gasteiger partial charge in [0.2, 0.25) is 86.0 Å². The van der Waals surface area contributed by atoms with Gasteiger partial charge >= 0.3 is 0 Å². The quantitative estimate of drug-likeness (QED) is 0.116. The molecule has 21 heteroatoms. The molecule has 0 atom stereocenters. The molecule has 5 aliphatic carbocycles. The molecule has 21 nitrogen and oxygen atoms in total. The Morgan fingerprint density at radius 1 is 0.471 bits per heavy atom. The first-order valence-corrected chi connectivity index (χ1v) is 24.6. The number of aromatic nitrogens is 14. The van der Waals surface area contributed by atoms with Crippen LogP contribution in [0.3, 0.4) is 0 Å². The van der Waals surface area contributed by atoms with Gasteiger partial charge in [0.05, 0.1) is 0 Å². The first kappa shape index (κ1) is 51.4. The minimum absolute atomic E-state index is 0.233. The molecular formula is C47H70N14O7. The van der Waals surface area contributed by atoms with Crippen molar-refractivity contribution < 1.29 is 30.9 Å². The zero-order valence-corrected chi connectivity index (χ0v) is 40.7. The van der Waals surface area contributed by atoms with E-state index in [2.05, 4.69) is 113 Å². The SMILES string of the molecule is CC(C)Cc1nnco1.CC1(c2nnco2)CC1.CCC(CC)c1nnco1.CCC1(c2nnco2)CC1.c1nnc(C2CCC2)o1.c1nnc(C2CCCC2)o1.c1nnc(C2CCCCC2)o1. The van der Waals surface area contributed by atoms with Crippen molar-refractivity contribution in [3.63, 3.8) is 0 Å². The highest BCUT2D eigenvalue weighted by atomic mass is 16.4. The van der Waals surface area contributed by atoms with E-state index in [0.29, 0.717) is 29.6 Å². The molecule has 0 amide bonds. The van der Waals surface area contributed by atoms with Crippen LogP contribution < -0.4 is 0 Å². The van der Waals surface area contributed by atoms with Gasteiger partial charge < -0.3 is 30.9 Å². The van der Waals surface area contributed by atoms with Gasteiger partial charge in [-0.25, -0.2) is 0 Å². The van der Waals surface area contributed by atoms with E-state index in [9.17, 15) is 0 Å². The molecule has 5 aliphatic rings. The Bertz CT molecular complexity index is 2170. The van der Waals surface area contributed by atoms with Crippen molar-refractivity contribution in [2.75, 3.05) is 0 Å². The topological polar surface area (TPSA) is 272 Å². The van der Waals surface area contributed by atoms with Crippen molar-refractivity contribution in [2.24, 2.45) is 5.92 Å². The van der Waals surface area contributed by atoms with Gasteiger partial charge in [0.1, 0.15) is 0 Å². The van der Waals surface area contributed by atoms with Gasteiger partial charge in [-0.1, -0.05) is 80.1 Å². The minimum Gasteiger partial charge on any atom is -0.428 e. The van der Waals surface area contributed by atoms with Crippen LogP contribution >= 0.6 is 0 Å². The first-order chi connectivity index (χ1) is 33.3. The smallest absolute Gasteiger partial charge is 0.222 e. The molecule has 370 valence electrons. The fraction of sp³-hybridized carbons (Fsp3) is 0.702. The van der Waals surface area contributed by atoms with Crippen LogP contribution in [0.15, 0.2) is 75.7 Å². The molecule has 5 saturated carbocycles. The molecule has 0 N–H and O–H groups in total. The van der Waals surface area contributed by atoms with Gasteiger partial charge in [-0.3, -0.25) is 0 Å². The van der Waals surface area contributed by atoms with Gasteiger partial charge in [0.25, 0.3) is 0 Å². The second-order valence-electron chi connectivity index (χ2n) is 18.7. The summed E-state index contributed by atoms with van der Waals surface area (Å²) >= 11 is 0. The summed E-state index contributed by atoms with van der Waals surface area (Å²) in [6.45, 7) is 12.8. The van der Waals surface area contributed by atoms with Crippen molar-refractivity contribution in [1.29, 1.82) is 0 Å². The maximum atomic E-state index is 5.15. The predicted octanol–water partition coefficient (Wildman–Crippen LogP) is 11.1. The zero-order valence-electron chi connectivity index (χ0n) is 40.7. The largest absolute Gasteiger partial charge is 0.428 e. The summed E-state index contributed by atoms with van der Waals surface area (Å²) < 4.78 is 35.4. The molecular weight excluding hydrogens is 873 g/mol. The third-order valence-electron chi connectivity index (χ3n) is 13.2. The van der Waals surface area contributed by atoms with Crippen LogP contribution in [0.2, 0.25) is 0 Å². The predicted molar refractivity (Wildman–Crippen MR) is 243 cm³/mol. The Morgan fingerprint density at radius 3 is 1.24 bits per heavy atom.